The summed E-state index contributed by atoms with van der Waals surface area (Å²) in [6, 6.07) is 18.2. The summed E-state index contributed by atoms with van der Waals surface area (Å²) in [5.41, 5.74) is 1.92. The average Bonchev–Trinajstić information content (AvgIpc) is 2.67. The Kier molecular flexibility index (Phi) is 4.66. The summed E-state index contributed by atoms with van der Waals surface area (Å²) >= 11 is 0. The molecule has 3 aromatic carbocycles. The van der Waals surface area contributed by atoms with Gasteiger partial charge in [0.1, 0.15) is 5.75 Å². The molecular weight excluding hydrogens is 316 g/mol. The lowest BCUT2D eigenvalue weighted by atomic mass is 10.1. The molecule has 5 heteroatoms. The highest BCUT2D eigenvalue weighted by molar-refractivity contribution is 6.13. The van der Waals surface area contributed by atoms with Crippen molar-refractivity contribution in [3.63, 3.8) is 0 Å². The van der Waals surface area contributed by atoms with E-state index in [2.05, 4.69) is 5.32 Å². The highest BCUT2D eigenvalue weighted by atomic mass is 16.5. The van der Waals surface area contributed by atoms with Crippen molar-refractivity contribution in [2.24, 2.45) is 0 Å². The molecule has 1 N–H and O–H groups in total. The van der Waals surface area contributed by atoms with Crippen LogP contribution in [0.4, 0.5) is 11.4 Å². The fourth-order valence-electron chi connectivity index (χ4n) is 2.71. The number of ether oxygens (including phenoxy) is 1. The molecule has 0 saturated carbocycles. The third-order valence-electron chi connectivity index (χ3n) is 4.02. The van der Waals surface area contributed by atoms with Crippen LogP contribution < -0.4 is 15.0 Å². The van der Waals surface area contributed by atoms with Gasteiger partial charge < -0.3 is 15.0 Å². The molecule has 3 rings (SSSR count). The van der Waals surface area contributed by atoms with Gasteiger partial charge >= 0.3 is 0 Å². The zero-order chi connectivity index (χ0) is 17.8. The predicted molar refractivity (Wildman–Crippen MR) is 99.4 cm³/mol. The van der Waals surface area contributed by atoms with Crippen LogP contribution in [0.25, 0.3) is 10.8 Å². The van der Waals surface area contributed by atoms with Crippen LogP contribution >= 0.6 is 0 Å². The van der Waals surface area contributed by atoms with Gasteiger partial charge in [0.15, 0.2) is 0 Å². The van der Waals surface area contributed by atoms with Crippen molar-refractivity contribution in [1.29, 1.82) is 0 Å². The number of fused-ring (bicyclic) bond motifs is 1. The second-order valence-corrected chi connectivity index (χ2v) is 5.58. The van der Waals surface area contributed by atoms with E-state index in [-0.39, 0.29) is 5.91 Å². The first-order valence-corrected chi connectivity index (χ1v) is 7.79. The average molecular weight is 334 g/mol. The molecule has 126 valence electrons. The number of benzene rings is 3. The van der Waals surface area contributed by atoms with Gasteiger partial charge in [-0.25, -0.2) is 0 Å². The molecule has 0 aliphatic rings. The van der Waals surface area contributed by atoms with E-state index in [4.69, 9.17) is 4.74 Å². The maximum atomic E-state index is 12.6. The number of methoxy groups -OCH3 is 1. The smallest absolute Gasteiger partial charge is 0.255 e. The molecule has 0 heterocycles. The molecule has 0 aliphatic heterocycles. The highest BCUT2D eigenvalue weighted by Gasteiger charge is 2.13. The molecule has 0 unspecified atom stereocenters. The van der Waals surface area contributed by atoms with E-state index in [1.165, 1.54) is 4.90 Å². The number of hydrogen-bond acceptors (Lipinski definition) is 3. The van der Waals surface area contributed by atoms with E-state index in [1.807, 2.05) is 36.4 Å². The third-order valence-corrected chi connectivity index (χ3v) is 4.02. The molecular formula is C20H18N2O3. The molecule has 0 spiro atoms. The number of amides is 2. The molecule has 0 radical (unpaired) electrons. The highest BCUT2D eigenvalue weighted by Crippen LogP contribution is 2.32. The summed E-state index contributed by atoms with van der Waals surface area (Å²) in [6.45, 7) is 0. The van der Waals surface area contributed by atoms with Crippen LogP contribution in [0, 0.1) is 0 Å². The number of rotatable bonds is 5. The molecule has 0 atom stereocenters. The van der Waals surface area contributed by atoms with Crippen molar-refractivity contribution in [3.05, 3.63) is 66.2 Å². The van der Waals surface area contributed by atoms with E-state index in [0.29, 0.717) is 17.0 Å². The topological polar surface area (TPSA) is 58.6 Å². The van der Waals surface area contributed by atoms with Crippen LogP contribution in [-0.4, -0.2) is 26.5 Å². The summed E-state index contributed by atoms with van der Waals surface area (Å²) in [7, 11) is 3.26. The molecule has 0 aromatic heterocycles. The Labute approximate surface area is 145 Å². The van der Waals surface area contributed by atoms with Gasteiger partial charge in [-0.3, -0.25) is 9.59 Å². The zero-order valence-corrected chi connectivity index (χ0v) is 14.0. The molecule has 0 aliphatic carbocycles. The first kappa shape index (κ1) is 16.5. The van der Waals surface area contributed by atoms with Gasteiger partial charge in [-0.1, -0.05) is 24.3 Å². The fraction of sp³-hybridized carbons (Fsp3) is 0.100. The minimum atomic E-state index is -0.223. The largest absolute Gasteiger partial charge is 0.497 e. The maximum Gasteiger partial charge on any atom is 0.255 e. The van der Waals surface area contributed by atoms with Crippen LogP contribution in [0.5, 0.6) is 5.75 Å². The van der Waals surface area contributed by atoms with Crippen molar-refractivity contribution >= 4 is 34.5 Å². The van der Waals surface area contributed by atoms with E-state index in [9.17, 15) is 9.59 Å². The zero-order valence-electron chi connectivity index (χ0n) is 14.0. The maximum absolute atomic E-state index is 12.6. The first-order chi connectivity index (χ1) is 12.1. The second kappa shape index (κ2) is 7.05. The van der Waals surface area contributed by atoms with Crippen molar-refractivity contribution in [3.8, 4) is 5.75 Å². The van der Waals surface area contributed by atoms with E-state index < -0.39 is 0 Å². The van der Waals surface area contributed by atoms with Gasteiger partial charge in [-0.2, -0.15) is 0 Å². The van der Waals surface area contributed by atoms with E-state index in [1.54, 1.807) is 38.4 Å². The van der Waals surface area contributed by atoms with Gasteiger partial charge in [0.2, 0.25) is 6.41 Å². The molecule has 2 amide bonds. The number of anilines is 2. The number of hydrogen-bond donors (Lipinski definition) is 1. The lowest BCUT2D eigenvalue weighted by Gasteiger charge is -2.17. The fourth-order valence-corrected chi connectivity index (χ4v) is 2.71. The number of carbonyl (C=O) groups is 2. The lowest BCUT2D eigenvalue weighted by molar-refractivity contribution is -0.107. The van der Waals surface area contributed by atoms with Crippen LogP contribution in [0.2, 0.25) is 0 Å². The molecule has 0 bridgehead atoms. The van der Waals surface area contributed by atoms with Crippen molar-refractivity contribution in [1.82, 2.24) is 0 Å². The van der Waals surface area contributed by atoms with Crippen LogP contribution in [0.1, 0.15) is 10.4 Å². The van der Waals surface area contributed by atoms with Crippen LogP contribution in [0.3, 0.4) is 0 Å². The minimum Gasteiger partial charge on any atom is -0.497 e. The van der Waals surface area contributed by atoms with E-state index >= 15 is 0 Å². The molecule has 0 saturated heterocycles. The Balaban J connectivity index is 2.00. The van der Waals surface area contributed by atoms with Gasteiger partial charge in [-0.15, -0.1) is 0 Å². The molecule has 5 nitrogen and oxygen atoms in total. The summed E-state index contributed by atoms with van der Waals surface area (Å²) in [5, 5.41) is 4.70. The monoisotopic (exact) mass is 334 g/mol. The van der Waals surface area contributed by atoms with Crippen LogP contribution in [-0.2, 0) is 4.79 Å². The molecule has 3 aromatic rings. The summed E-state index contributed by atoms with van der Waals surface area (Å²) in [4.78, 5) is 25.3. The van der Waals surface area contributed by atoms with Crippen molar-refractivity contribution < 1.29 is 14.3 Å². The SMILES string of the molecule is COc1ccc(C(=O)Nc2cccc3cccc(N(C)C=O)c23)cc1. The Morgan fingerprint density at radius 2 is 1.72 bits per heavy atom. The Bertz CT molecular complexity index is 915. The Hall–Kier alpha value is -3.34. The van der Waals surface area contributed by atoms with Crippen molar-refractivity contribution in [2.45, 2.75) is 0 Å². The number of nitrogens with one attached hydrogen (secondary N) is 1. The van der Waals surface area contributed by atoms with Crippen LogP contribution in [0.15, 0.2) is 60.7 Å². The first-order valence-electron chi connectivity index (χ1n) is 7.79. The van der Waals surface area contributed by atoms with Crippen molar-refractivity contribution in [2.75, 3.05) is 24.4 Å². The predicted octanol–water partition coefficient (Wildman–Crippen LogP) is 3.69. The summed E-state index contributed by atoms with van der Waals surface area (Å²) < 4.78 is 5.11. The van der Waals surface area contributed by atoms with E-state index in [0.717, 1.165) is 22.9 Å². The number of nitrogens with zero attached hydrogens (tertiary/aromatic N) is 1. The standard InChI is InChI=1S/C20H18N2O3/c1-22(13-23)18-8-4-6-14-5-3-7-17(19(14)18)21-20(24)15-9-11-16(25-2)12-10-15/h3-13H,1-2H3,(H,21,24). The Morgan fingerprint density at radius 1 is 1.04 bits per heavy atom. The van der Waals surface area contributed by atoms with Gasteiger partial charge in [-0.05, 0) is 41.8 Å². The normalized spacial score (nSPS) is 10.3. The summed E-state index contributed by atoms with van der Waals surface area (Å²) in [6.07, 6.45) is 0.747. The van der Waals surface area contributed by atoms with Gasteiger partial charge in [0.25, 0.3) is 5.91 Å². The van der Waals surface area contributed by atoms with Gasteiger partial charge in [0, 0.05) is 18.0 Å². The molecule has 0 fully saturated rings. The molecule has 25 heavy (non-hydrogen) atoms. The summed E-state index contributed by atoms with van der Waals surface area (Å²) in [5.74, 6) is 0.468. The minimum absolute atomic E-state index is 0.223. The lowest BCUT2D eigenvalue weighted by Crippen LogP contribution is -2.16. The number of carbonyl (C=O) groups excluding carboxylic acids is 2. The quantitative estimate of drug-likeness (QED) is 0.724. The second-order valence-electron chi connectivity index (χ2n) is 5.58. The third kappa shape index (κ3) is 3.30. The Morgan fingerprint density at radius 3 is 2.36 bits per heavy atom. The van der Waals surface area contributed by atoms with Gasteiger partial charge in [0.05, 0.1) is 18.5 Å².